The first-order chi connectivity index (χ1) is 11.1. The van der Waals surface area contributed by atoms with Crippen LogP contribution in [0.2, 0.25) is 12.6 Å². The van der Waals surface area contributed by atoms with Crippen LogP contribution in [0.5, 0.6) is 0 Å². The molecule has 5 heteroatoms. The Bertz CT molecular complexity index is 279. The van der Waals surface area contributed by atoms with E-state index in [0.29, 0.717) is 0 Å². The predicted octanol–water partition coefficient (Wildman–Crippen LogP) is 4.53. The van der Waals surface area contributed by atoms with Gasteiger partial charge in [-0.15, -0.1) is 0 Å². The van der Waals surface area contributed by atoms with Crippen molar-refractivity contribution in [2.75, 3.05) is 39.6 Å². The number of unbranched alkanes of at least 4 members (excludes halogenated alkanes) is 2. The van der Waals surface area contributed by atoms with Crippen molar-refractivity contribution in [2.24, 2.45) is 5.41 Å². The lowest BCUT2D eigenvalue weighted by molar-refractivity contribution is -0.150. The van der Waals surface area contributed by atoms with Gasteiger partial charge in [0.05, 0.1) is 19.8 Å². The van der Waals surface area contributed by atoms with E-state index >= 15 is 0 Å². The zero-order valence-electron chi connectivity index (χ0n) is 15.8. The topological polar surface area (TPSA) is 36.9 Å². The highest BCUT2D eigenvalue weighted by molar-refractivity contribution is 6.66. The third-order valence-corrected chi connectivity index (χ3v) is 7.60. The Morgan fingerprint density at radius 3 is 1.96 bits per heavy atom. The third kappa shape index (κ3) is 8.12. The highest BCUT2D eigenvalue weighted by Crippen LogP contribution is 2.31. The van der Waals surface area contributed by atoms with Gasteiger partial charge in [-0.05, 0) is 38.3 Å². The Kier molecular flexibility index (Phi) is 10.6. The van der Waals surface area contributed by atoms with Crippen molar-refractivity contribution >= 4 is 8.56 Å². The maximum Gasteiger partial charge on any atom is 0.335 e. The molecule has 0 radical (unpaired) electrons. The van der Waals surface area contributed by atoms with Gasteiger partial charge in [0.1, 0.15) is 0 Å². The molecule has 1 saturated heterocycles. The Morgan fingerprint density at radius 1 is 0.913 bits per heavy atom. The van der Waals surface area contributed by atoms with Crippen LogP contribution in [0.25, 0.3) is 0 Å². The van der Waals surface area contributed by atoms with E-state index in [9.17, 15) is 0 Å². The van der Waals surface area contributed by atoms with Gasteiger partial charge in [0, 0.05) is 25.2 Å². The van der Waals surface area contributed by atoms with Crippen LogP contribution >= 0.6 is 0 Å². The summed E-state index contributed by atoms with van der Waals surface area (Å²) in [5, 5.41) is 0. The fourth-order valence-electron chi connectivity index (χ4n) is 2.62. The van der Waals surface area contributed by atoms with Gasteiger partial charge in [0.2, 0.25) is 0 Å². The van der Waals surface area contributed by atoms with Gasteiger partial charge < -0.3 is 18.3 Å². The Labute approximate surface area is 144 Å². The van der Waals surface area contributed by atoms with Crippen molar-refractivity contribution in [1.29, 1.82) is 0 Å². The zero-order valence-corrected chi connectivity index (χ0v) is 16.8. The fourth-order valence-corrected chi connectivity index (χ4v) is 4.93. The predicted molar refractivity (Wildman–Crippen MR) is 97.1 cm³/mol. The summed E-state index contributed by atoms with van der Waals surface area (Å²) in [5.74, 6) is 0. The molecular weight excluding hydrogens is 308 g/mol. The maximum absolute atomic E-state index is 6.16. The first kappa shape index (κ1) is 21.1. The lowest BCUT2D eigenvalue weighted by Gasteiger charge is -2.40. The highest BCUT2D eigenvalue weighted by Gasteiger charge is 2.37. The first-order valence-electron chi connectivity index (χ1n) is 9.53. The van der Waals surface area contributed by atoms with Crippen molar-refractivity contribution in [3.8, 4) is 0 Å². The van der Waals surface area contributed by atoms with Crippen LogP contribution in [-0.2, 0) is 18.3 Å². The van der Waals surface area contributed by atoms with Crippen LogP contribution in [0.3, 0.4) is 0 Å². The van der Waals surface area contributed by atoms with Crippen molar-refractivity contribution < 1.29 is 18.3 Å². The molecule has 1 fully saturated rings. The largest absolute Gasteiger partial charge is 0.394 e. The molecule has 0 aromatic heterocycles. The molecule has 0 bridgehead atoms. The molecule has 138 valence electrons. The lowest BCUT2D eigenvalue weighted by Crippen LogP contribution is -2.45. The summed E-state index contributed by atoms with van der Waals surface area (Å²) in [6, 6.07) is 1.02. The summed E-state index contributed by atoms with van der Waals surface area (Å²) >= 11 is 0. The molecule has 0 amide bonds. The van der Waals surface area contributed by atoms with Gasteiger partial charge >= 0.3 is 8.56 Å². The van der Waals surface area contributed by atoms with Gasteiger partial charge in [-0.2, -0.15) is 0 Å². The van der Waals surface area contributed by atoms with Gasteiger partial charge in [-0.3, -0.25) is 0 Å². The van der Waals surface area contributed by atoms with Gasteiger partial charge in [-0.25, -0.2) is 0 Å². The van der Waals surface area contributed by atoms with E-state index < -0.39 is 8.56 Å². The van der Waals surface area contributed by atoms with E-state index in [0.717, 1.165) is 71.4 Å². The quantitative estimate of drug-likeness (QED) is 0.322. The average molecular weight is 347 g/mol. The molecule has 0 spiro atoms. The minimum Gasteiger partial charge on any atom is -0.394 e. The third-order valence-electron chi connectivity index (χ3n) is 4.70. The van der Waals surface area contributed by atoms with E-state index in [1.165, 1.54) is 12.8 Å². The highest BCUT2D eigenvalue weighted by atomic mass is 28.4. The van der Waals surface area contributed by atoms with Crippen molar-refractivity contribution in [2.45, 2.75) is 71.9 Å². The molecule has 0 saturated carbocycles. The molecule has 0 N–H and O–H groups in total. The molecule has 4 nitrogen and oxygen atoms in total. The molecular formula is C18H38O4Si. The van der Waals surface area contributed by atoms with E-state index in [1.807, 2.05) is 0 Å². The zero-order chi connectivity index (χ0) is 17.0. The SMILES string of the molecule is CCCCO[Si](C)(CCCOCC1(CC)COC1)OCCCC. The Balaban J connectivity index is 2.22. The lowest BCUT2D eigenvalue weighted by atomic mass is 9.84. The molecule has 0 atom stereocenters. The minimum atomic E-state index is -2.03. The summed E-state index contributed by atoms with van der Waals surface area (Å²) in [6.07, 6.45) is 6.75. The van der Waals surface area contributed by atoms with Crippen LogP contribution in [0.1, 0.15) is 59.3 Å². The van der Waals surface area contributed by atoms with Crippen molar-refractivity contribution in [1.82, 2.24) is 0 Å². The molecule has 23 heavy (non-hydrogen) atoms. The summed E-state index contributed by atoms with van der Waals surface area (Å²) in [4.78, 5) is 0. The van der Waals surface area contributed by atoms with Gasteiger partial charge in [0.25, 0.3) is 0 Å². The molecule has 1 rings (SSSR count). The molecule has 0 aromatic rings. The van der Waals surface area contributed by atoms with Crippen LogP contribution in [0.4, 0.5) is 0 Å². The summed E-state index contributed by atoms with van der Waals surface area (Å²) in [5.41, 5.74) is 0.288. The number of hydrogen-bond acceptors (Lipinski definition) is 4. The molecule has 1 heterocycles. The number of rotatable bonds is 15. The monoisotopic (exact) mass is 346 g/mol. The van der Waals surface area contributed by atoms with Crippen LogP contribution in [0, 0.1) is 5.41 Å². The summed E-state index contributed by atoms with van der Waals surface area (Å²) in [6.45, 7) is 13.8. The smallest absolute Gasteiger partial charge is 0.335 e. The second-order valence-electron chi connectivity index (χ2n) is 7.04. The van der Waals surface area contributed by atoms with E-state index in [4.69, 9.17) is 18.3 Å². The number of ether oxygens (including phenoxy) is 2. The molecule has 0 aromatic carbocycles. The molecule has 0 aliphatic carbocycles. The van der Waals surface area contributed by atoms with Gasteiger partial charge in [0.15, 0.2) is 0 Å². The van der Waals surface area contributed by atoms with E-state index in [-0.39, 0.29) is 5.41 Å². The summed E-state index contributed by atoms with van der Waals surface area (Å²) in [7, 11) is -2.03. The molecule has 1 aliphatic heterocycles. The second-order valence-corrected chi connectivity index (χ2v) is 10.4. The van der Waals surface area contributed by atoms with Crippen LogP contribution in [-0.4, -0.2) is 48.2 Å². The van der Waals surface area contributed by atoms with Gasteiger partial charge in [-0.1, -0.05) is 33.6 Å². The standard InChI is InChI=1S/C18H38O4Si/c1-5-8-12-21-23(4,22-13-9-6-2)14-10-11-19-15-18(7-3)16-20-17-18/h5-17H2,1-4H3. The van der Waals surface area contributed by atoms with Crippen molar-refractivity contribution in [3.05, 3.63) is 0 Å². The van der Waals surface area contributed by atoms with Crippen molar-refractivity contribution in [3.63, 3.8) is 0 Å². The molecule has 1 aliphatic rings. The van der Waals surface area contributed by atoms with Crippen LogP contribution in [0.15, 0.2) is 0 Å². The normalized spacial score (nSPS) is 17.2. The van der Waals surface area contributed by atoms with E-state index in [2.05, 4.69) is 27.3 Å². The minimum absolute atomic E-state index is 0.288. The number of hydrogen-bond donors (Lipinski definition) is 0. The Hall–Kier alpha value is 0.0569. The average Bonchev–Trinajstić information content (AvgIpc) is 2.50. The fraction of sp³-hybridized carbons (Fsp3) is 1.00. The second kappa shape index (κ2) is 11.6. The summed E-state index contributed by atoms with van der Waals surface area (Å²) < 4.78 is 23.6. The first-order valence-corrected chi connectivity index (χ1v) is 12.1. The Morgan fingerprint density at radius 2 is 1.52 bits per heavy atom. The van der Waals surface area contributed by atoms with E-state index in [1.54, 1.807) is 0 Å². The van der Waals surface area contributed by atoms with Crippen LogP contribution < -0.4 is 0 Å². The maximum atomic E-state index is 6.16. The molecule has 0 unspecified atom stereocenters.